The van der Waals surface area contributed by atoms with Gasteiger partial charge in [0.15, 0.2) is 11.5 Å². The Balaban J connectivity index is 3.06. The van der Waals surface area contributed by atoms with Crippen LogP contribution in [0.15, 0.2) is 18.2 Å². The molecule has 0 aliphatic heterocycles. The molecule has 60 valence electrons. The zero-order chi connectivity index (χ0) is 8.27. The fourth-order valence-electron chi connectivity index (χ4n) is 0.714. The van der Waals surface area contributed by atoms with Gasteiger partial charge in [0, 0.05) is 11.8 Å². The van der Waals surface area contributed by atoms with Crippen molar-refractivity contribution in [2.45, 2.75) is 0 Å². The normalized spacial score (nSPS) is 9.27. The summed E-state index contributed by atoms with van der Waals surface area (Å²) in [5, 5.41) is 0. The molecular weight excluding hydrogens is 146 g/mol. The summed E-state index contributed by atoms with van der Waals surface area (Å²) in [4.78, 5) is 8.86. The summed E-state index contributed by atoms with van der Waals surface area (Å²) < 4.78 is 0. The first-order valence-electron chi connectivity index (χ1n) is 2.91. The number of nitrogens with two attached hydrogens (primary N) is 3. The Kier molecular flexibility index (Phi) is 2.15. The van der Waals surface area contributed by atoms with E-state index in [0.29, 0.717) is 17.2 Å². The van der Waals surface area contributed by atoms with Crippen LogP contribution in [0, 0.1) is 0 Å². The minimum Gasteiger partial charge on any atom is -0.407 e. The SMILES string of the molecule is NOc1ccc(N)cc1ON. The summed E-state index contributed by atoms with van der Waals surface area (Å²) in [7, 11) is 0. The zero-order valence-corrected chi connectivity index (χ0v) is 5.78. The van der Waals surface area contributed by atoms with Crippen LogP contribution in [-0.2, 0) is 0 Å². The smallest absolute Gasteiger partial charge is 0.193 e. The third kappa shape index (κ3) is 1.51. The van der Waals surface area contributed by atoms with Gasteiger partial charge in [-0.25, -0.2) is 0 Å². The predicted octanol–water partition coefficient (Wildman–Crippen LogP) is -0.226. The van der Waals surface area contributed by atoms with Gasteiger partial charge in [-0.15, -0.1) is 0 Å². The molecule has 5 heteroatoms. The van der Waals surface area contributed by atoms with E-state index < -0.39 is 0 Å². The van der Waals surface area contributed by atoms with Gasteiger partial charge in [-0.1, -0.05) is 0 Å². The van der Waals surface area contributed by atoms with Gasteiger partial charge in [0.2, 0.25) is 0 Å². The van der Waals surface area contributed by atoms with Gasteiger partial charge < -0.3 is 15.4 Å². The van der Waals surface area contributed by atoms with Crippen LogP contribution in [0.1, 0.15) is 0 Å². The Bertz CT molecular complexity index is 252. The minimum atomic E-state index is 0.313. The lowest BCUT2D eigenvalue weighted by molar-refractivity contribution is 0.281. The lowest BCUT2D eigenvalue weighted by Crippen LogP contribution is -2.08. The highest BCUT2D eigenvalue weighted by molar-refractivity contribution is 5.51. The molecule has 0 fully saturated rings. The molecular formula is C6H9N3O2. The molecule has 0 saturated carbocycles. The molecule has 11 heavy (non-hydrogen) atoms. The van der Waals surface area contributed by atoms with Crippen LogP contribution >= 0.6 is 0 Å². The van der Waals surface area contributed by atoms with Crippen molar-refractivity contribution in [1.29, 1.82) is 0 Å². The predicted molar refractivity (Wildman–Crippen MR) is 40.5 cm³/mol. The van der Waals surface area contributed by atoms with Crippen molar-refractivity contribution in [3.05, 3.63) is 18.2 Å². The van der Waals surface area contributed by atoms with E-state index in [-0.39, 0.29) is 0 Å². The molecule has 0 spiro atoms. The van der Waals surface area contributed by atoms with E-state index in [2.05, 4.69) is 9.68 Å². The topological polar surface area (TPSA) is 96.5 Å². The molecule has 0 amide bonds. The van der Waals surface area contributed by atoms with Crippen LogP contribution in [0.3, 0.4) is 0 Å². The fourth-order valence-corrected chi connectivity index (χ4v) is 0.714. The van der Waals surface area contributed by atoms with Gasteiger partial charge in [-0.2, -0.15) is 11.8 Å². The summed E-state index contributed by atoms with van der Waals surface area (Å²) in [6.07, 6.45) is 0. The van der Waals surface area contributed by atoms with Gasteiger partial charge in [-0.05, 0) is 12.1 Å². The second-order valence-electron chi connectivity index (χ2n) is 1.94. The Hall–Kier alpha value is -1.46. The van der Waals surface area contributed by atoms with Crippen molar-refractivity contribution in [2.24, 2.45) is 11.8 Å². The molecule has 0 aromatic heterocycles. The highest BCUT2D eigenvalue weighted by atomic mass is 16.7. The zero-order valence-electron chi connectivity index (χ0n) is 5.78. The van der Waals surface area contributed by atoms with Crippen molar-refractivity contribution in [3.8, 4) is 11.5 Å². The molecule has 0 atom stereocenters. The number of anilines is 1. The number of hydrogen-bond acceptors (Lipinski definition) is 5. The first-order chi connectivity index (χ1) is 5.27. The first-order valence-corrected chi connectivity index (χ1v) is 2.91. The molecule has 0 bridgehead atoms. The largest absolute Gasteiger partial charge is 0.407 e. The average Bonchev–Trinajstić information content (AvgIpc) is 2.04. The molecule has 0 aliphatic carbocycles. The van der Waals surface area contributed by atoms with Crippen LogP contribution in [0.25, 0.3) is 0 Å². The molecule has 0 saturated heterocycles. The van der Waals surface area contributed by atoms with Crippen LogP contribution in [-0.4, -0.2) is 0 Å². The quantitative estimate of drug-likeness (QED) is 0.405. The molecule has 0 heterocycles. The molecule has 1 aromatic rings. The standard InChI is InChI=1S/C6H9N3O2/c7-4-1-2-5(10-8)6(3-4)11-9/h1-3H,7-9H2. The number of nitrogen functional groups attached to an aromatic ring is 1. The third-order valence-electron chi connectivity index (χ3n) is 1.22. The molecule has 1 aromatic carbocycles. The summed E-state index contributed by atoms with van der Waals surface area (Å²) in [5.41, 5.74) is 5.96. The second-order valence-corrected chi connectivity index (χ2v) is 1.94. The first kappa shape index (κ1) is 7.64. The van der Waals surface area contributed by atoms with Gasteiger partial charge in [-0.3, -0.25) is 0 Å². The van der Waals surface area contributed by atoms with E-state index in [9.17, 15) is 0 Å². The van der Waals surface area contributed by atoms with Gasteiger partial charge in [0.05, 0.1) is 0 Å². The van der Waals surface area contributed by atoms with Crippen molar-refractivity contribution < 1.29 is 9.68 Å². The van der Waals surface area contributed by atoms with Crippen LogP contribution in [0.4, 0.5) is 5.69 Å². The average molecular weight is 155 g/mol. The highest BCUT2D eigenvalue weighted by Crippen LogP contribution is 2.26. The van der Waals surface area contributed by atoms with E-state index in [1.165, 1.54) is 6.07 Å². The van der Waals surface area contributed by atoms with Crippen LogP contribution < -0.4 is 27.2 Å². The van der Waals surface area contributed by atoms with Crippen molar-refractivity contribution in [1.82, 2.24) is 0 Å². The lowest BCUT2D eigenvalue weighted by Gasteiger charge is -2.04. The minimum absolute atomic E-state index is 0.313. The maximum absolute atomic E-state index is 5.43. The molecule has 0 unspecified atom stereocenters. The molecule has 6 N–H and O–H groups in total. The Morgan fingerprint density at radius 1 is 1.00 bits per heavy atom. The Morgan fingerprint density at radius 2 is 1.64 bits per heavy atom. The van der Waals surface area contributed by atoms with Crippen molar-refractivity contribution in [2.75, 3.05) is 5.73 Å². The summed E-state index contributed by atoms with van der Waals surface area (Å²) in [6, 6.07) is 4.71. The van der Waals surface area contributed by atoms with Gasteiger partial charge >= 0.3 is 0 Å². The fraction of sp³-hybridized carbons (Fsp3) is 0. The molecule has 5 nitrogen and oxygen atoms in total. The number of rotatable bonds is 2. The number of hydrogen-bond donors (Lipinski definition) is 3. The van der Waals surface area contributed by atoms with Gasteiger partial charge in [0.1, 0.15) is 0 Å². The van der Waals surface area contributed by atoms with Crippen LogP contribution in [0.2, 0.25) is 0 Å². The van der Waals surface area contributed by atoms with Crippen molar-refractivity contribution in [3.63, 3.8) is 0 Å². The van der Waals surface area contributed by atoms with Gasteiger partial charge in [0.25, 0.3) is 0 Å². The monoisotopic (exact) mass is 155 g/mol. The maximum atomic E-state index is 5.43. The maximum Gasteiger partial charge on any atom is 0.193 e. The van der Waals surface area contributed by atoms with Crippen molar-refractivity contribution >= 4 is 5.69 Å². The van der Waals surface area contributed by atoms with E-state index >= 15 is 0 Å². The summed E-state index contributed by atoms with van der Waals surface area (Å²) in [6.45, 7) is 0. The Morgan fingerprint density at radius 3 is 2.18 bits per heavy atom. The number of benzene rings is 1. The summed E-state index contributed by atoms with van der Waals surface area (Å²) >= 11 is 0. The third-order valence-corrected chi connectivity index (χ3v) is 1.22. The van der Waals surface area contributed by atoms with E-state index in [1.54, 1.807) is 12.1 Å². The van der Waals surface area contributed by atoms with Crippen LogP contribution in [0.5, 0.6) is 11.5 Å². The Labute approximate surface area is 63.6 Å². The molecule has 0 aliphatic rings. The molecule has 1 rings (SSSR count). The van der Waals surface area contributed by atoms with E-state index in [0.717, 1.165) is 0 Å². The summed E-state index contributed by atoms with van der Waals surface area (Å²) in [5.74, 6) is 10.5. The highest BCUT2D eigenvalue weighted by Gasteiger charge is 2.02. The van der Waals surface area contributed by atoms with E-state index in [4.69, 9.17) is 17.5 Å². The second kappa shape index (κ2) is 3.09. The lowest BCUT2D eigenvalue weighted by atomic mass is 10.3. The van der Waals surface area contributed by atoms with E-state index in [1.807, 2.05) is 0 Å². The molecule has 0 radical (unpaired) electrons.